The Hall–Kier alpha value is -2.87. The van der Waals surface area contributed by atoms with Crippen molar-refractivity contribution in [2.75, 3.05) is 39.9 Å². The summed E-state index contributed by atoms with van der Waals surface area (Å²) in [7, 11) is 2.27. The molecule has 3 aromatic rings. The number of piperidine rings is 1. The number of ether oxygens (including phenoxy) is 1. The van der Waals surface area contributed by atoms with Gasteiger partial charge in [0.05, 0.1) is 56.5 Å². The third kappa shape index (κ3) is 3.90. The van der Waals surface area contributed by atoms with Crippen molar-refractivity contribution >= 4 is 17.9 Å². The number of carbonyl (C=O) groups excluding carboxylic acids is 1. The van der Waals surface area contributed by atoms with Crippen LogP contribution in [0.1, 0.15) is 48.7 Å². The molecule has 1 amide bonds. The number of H-pyrrole nitrogens is 1. The highest BCUT2D eigenvalue weighted by atomic mass is 16.5. The molecule has 1 atom stereocenters. The van der Waals surface area contributed by atoms with Crippen molar-refractivity contribution in [3.05, 3.63) is 59.7 Å². The fourth-order valence-electron chi connectivity index (χ4n) is 6.68. The summed E-state index contributed by atoms with van der Waals surface area (Å²) in [5.41, 5.74) is 5.69. The number of amides is 1. The van der Waals surface area contributed by atoms with Crippen LogP contribution in [0.5, 0.6) is 0 Å². The van der Waals surface area contributed by atoms with Gasteiger partial charge in [-0.05, 0) is 31.9 Å². The maximum absolute atomic E-state index is 13.1. The van der Waals surface area contributed by atoms with Crippen LogP contribution in [0.4, 0.5) is 11.5 Å². The molecule has 5 heterocycles. The average molecular weight is 488 g/mol. The minimum atomic E-state index is 0.248. The number of nitrogens with zero attached hydrogens (tertiary/aromatic N) is 4. The number of nitrogens with one attached hydrogen (secondary N) is 1. The second-order valence-electron chi connectivity index (χ2n) is 11.1. The molecule has 1 unspecified atom stereocenters. The van der Waals surface area contributed by atoms with Crippen molar-refractivity contribution in [2.45, 2.75) is 51.0 Å². The van der Waals surface area contributed by atoms with Crippen molar-refractivity contribution in [3.8, 4) is 11.3 Å². The summed E-state index contributed by atoms with van der Waals surface area (Å²) in [6, 6.07) is 13.0. The monoisotopic (exact) mass is 487 g/mol. The molecule has 188 valence electrons. The molecule has 6 rings (SSSR count). The number of fused-ring (bicyclic) bond motifs is 3. The highest BCUT2D eigenvalue weighted by Gasteiger charge is 2.48. The van der Waals surface area contributed by atoms with Crippen LogP contribution in [-0.4, -0.2) is 67.3 Å². The number of aromatic amines is 1. The highest BCUT2D eigenvalue weighted by molar-refractivity contribution is 5.85. The number of benzene rings is 1. The van der Waals surface area contributed by atoms with E-state index >= 15 is 0 Å². The van der Waals surface area contributed by atoms with Gasteiger partial charge in [-0.3, -0.25) is 4.48 Å². The zero-order valence-corrected chi connectivity index (χ0v) is 21.4. The van der Waals surface area contributed by atoms with E-state index in [0.717, 1.165) is 104 Å². The van der Waals surface area contributed by atoms with Gasteiger partial charge in [-0.15, -0.1) is 0 Å². The van der Waals surface area contributed by atoms with Gasteiger partial charge in [0.2, 0.25) is 5.82 Å². The second-order valence-corrected chi connectivity index (χ2v) is 11.1. The number of carbonyl (C=O) groups is 1. The minimum absolute atomic E-state index is 0.248. The molecule has 7 heteroatoms. The molecule has 1 aromatic carbocycles. The van der Waals surface area contributed by atoms with E-state index < -0.39 is 0 Å². The zero-order chi connectivity index (χ0) is 24.8. The molecular formula is C29H37N5O2+2. The smallest absolute Gasteiger partial charge is 0.306 e. The number of pyridine rings is 1. The Morgan fingerprint density at radius 2 is 1.86 bits per heavy atom. The molecule has 0 aliphatic carbocycles. The third-order valence-electron chi connectivity index (χ3n) is 8.95. The van der Waals surface area contributed by atoms with Gasteiger partial charge in [0.1, 0.15) is 17.6 Å². The van der Waals surface area contributed by atoms with Crippen molar-refractivity contribution in [2.24, 2.45) is 0 Å². The van der Waals surface area contributed by atoms with Crippen molar-refractivity contribution < 1.29 is 9.53 Å². The van der Waals surface area contributed by atoms with Crippen LogP contribution in [0.2, 0.25) is 0 Å². The molecule has 3 aliphatic heterocycles. The second kappa shape index (κ2) is 9.21. The molecule has 3 aliphatic rings. The molecule has 2 fully saturated rings. The van der Waals surface area contributed by atoms with Crippen LogP contribution < -0.4 is 8.97 Å². The fourth-order valence-corrected chi connectivity index (χ4v) is 6.68. The Morgan fingerprint density at radius 1 is 1.06 bits per heavy atom. The van der Waals surface area contributed by atoms with E-state index in [2.05, 4.69) is 54.3 Å². The summed E-state index contributed by atoms with van der Waals surface area (Å²) >= 11 is 0. The molecule has 2 saturated heterocycles. The lowest BCUT2D eigenvalue weighted by Crippen LogP contribution is -2.63. The van der Waals surface area contributed by atoms with E-state index in [1.807, 2.05) is 12.3 Å². The Labute approximate surface area is 213 Å². The zero-order valence-electron chi connectivity index (χ0n) is 21.4. The lowest BCUT2D eigenvalue weighted by atomic mass is 9.95. The van der Waals surface area contributed by atoms with Gasteiger partial charge < -0.3 is 9.72 Å². The van der Waals surface area contributed by atoms with E-state index in [1.54, 1.807) is 0 Å². The van der Waals surface area contributed by atoms with E-state index in [9.17, 15) is 4.79 Å². The van der Waals surface area contributed by atoms with Crippen molar-refractivity contribution in [1.82, 2.24) is 23.9 Å². The average Bonchev–Trinajstić information content (AvgIpc) is 3.31. The maximum atomic E-state index is 13.1. The van der Waals surface area contributed by atoms with Gasteiger partial charge in [-0.2, -0.15) is 0 Å². The summed E-state index contributed by atoms with van der Waals surface area (Å²) in [5, 5.41) is 0. The third-order valence-corrected chi connectivity index (χ3v) is 8.95. The van der Waals surface area contributed by atoms with Gasteiger partial charge >= 0.3 is 6.41 Å². The molecule has 2 aromatic heterocycles. The number of aromatic nitrogens is 3. The summed E-state index contributed by atoms with van der Waals surface area (Å²) in [4.78, 5) is 26.6. The van der Waals surface area contributed by atoms with E-state index in [4.69, 9.17) is 9.72 Å². The van der Waals surface area contributed by atoms with Crippen LogP contribution in [0, 0.1) is 6.92 Å². The predicted molar refractivity (Wildman–Crippen MR) is 143 cm³/mol. The highest BCUT2D eigenvalue weighted by Crippen LogP contribution is 2.44. The lowest BCUT2D eigenvalue weighted by Gasteiger charge is -2.45. The molecule has 0 radical (unpaired) electrons. The maximum Gasteiger partial charge on any atom is 0.306 e. The number of rotatable bonds is 4. The molecule has 0 saturated carbocycles. The summed E-state index contributed by atoms with van der Waals surface area (Å²) in [6.45, 7) is 6.44. The molecule has 36 heavy (non-hydrogen) atoms. The van der Waals surface area contributed by atoms with Gasteiger partial charge in [0.15, 0.2) is 0 Å². The summed E-state index contributed by atoms with van der Waals surface area (Å²) in [5.74, 6) is 2.62. The normalized spacial score (nSPS) is 28.7. The van der Waals surface area contributed by atoms with Crippen molar-refractivity contribution in [3.63, 3.8) is 0 Å². The SMILES string of the molecule is Cc1ccc2c(c1)-c1[nH]c(C3CCOCC3)nc1CC[N+]2(C=O)C1CC[N+](C)(c2ccccn2)CC1. The first kappa shape index (κ1) is 23.5. The first-order valence-corrected chi connectivity index (χ1v) is 13.4. The van der Waals surface area contributed by atoms with Gasteiger partial charge in [-0.1, -0.05) is 17.7 Å². The molecular weight excluding hydrogens is 450 g/mol. The first-order valence-electron chi connectivity index (χ1n) is 13.4. The Morgan fingerprint density at radius 3 is 2.58 bits per heavy atom. The predicted octanol–water partition coefficient (Wildman–Crippen LogP) is 4.49. The summed E-state index contributed by atoms with van der Waals surface area (Å²) < 4.78 is 6.79. The topological polar surface area (TPSA) is 67.9 Å². The first-order chi connectivity index (χ1) is 17.5. The van der Waals surface area contributed by atoms with E-state index in [-0.39, 0.29) is 6.04 Å². The standard InChI is InChI=1S/C29H37N5O2/c1-21-6-7-26-24(19-21)28-25(31-29(32-28)22-11-17-36-18-12-22)10-16-34(26,20-35)23-8-14-33(2,15-9-23)27-5-3-4-13-30-27/h3-7,13,19-20,22-23H,8-12,14-18H2,1-2H3,(H,31,32)/q+2. The largest absolute Gasteiger partial charge is 0.381 e. The number of aryl methyl sites for hydroxylation is 1. The van der Waals surface area contributed by atoms with Crippen LogP contribution >= 0.6 is 0 Å². The van der Waals surface area contributed by atoms with Crippen LogP contribution in [0.3, 0.4) is 0 Å². The Balaban J connectivity index is 1.35. The number of quaternary nitrogens is 2. The minimum Gasteiger partial charge on any atom is -0.381 e. The molecule has 0 spiro atoms. The number of hydrogen-bond donors (Lipinski definition) is 1. The number of imidazole rings is 1. The van der Waals surface area contributed by atoms with Crippen LogP contribution in [0.25, 0.3) is 11.3 Å². The van der Waals surface area contributed by atoms with Gasteiger partial charge in [0.25, 0.3) is 0 Å². The fraction of sp³-hybridized carbons (Fsp3) is 0.483. The molecule has 1 N–H and O–H groups in total. The van der Waals surface area contributed by atoms with Gasteiger partial charge in [-0.25, -0.2) is 19.2 Å². The lowest BCUT2D eigenvalue weighted by molar-refractivity contribution is -0.120. The summed E-state index contributed by atoms with van der Waals surface area (Å²) in [6.07, 6.45) is 7.88. The van der Waals surface area contributed by atoms with Crippen LogP contribution in [-0.2, 0) is 16.0 Å². The molecule has 7 nitrogen and oxygen atoms in total. The van der Waals surface area contributed by atoms with E-state index in [0.29, 0.717) is 10.4 Å². The Kier molecular flexibility index (Phi) is 6.02. The van der Waals surface area contributed by atoms with Gasteiger partial charge in [0, 0.05) is 43.9 Å². The molecule has 0 bridgehead atoms. The number of hydrogen-bond acceptors (Lipinski definition) is 4. The Bertz CT molecular complexity index is 1240. The number of likely N-dealkylation sites (tertiary alicyclic amines) is 1. The van der Waals surface area contributed by atoms with Crippen molar-refractivity contribution in [1.29, 1.82) is 0 Å². The van der Waals surface area contributed by atoms with E-state index in [1.165, 1.54) is 12.0 Å². The quantitative estimate of drug-likeness (QED) is 0.435. The van der Waals surface area contributed by atoms with Crippen LogP contribution in [0.15, 0.2) is 42.6 Å².